The van der Waals surface area contributed by atoms with Crippen molar-refractivity contribution >= 4 is 0 Å². The summed E-state index contributed by atoms with van der Waals surface area (Å²) in [5.74, 6) is 0.245. The molecule has 0 aliphatic carbocycles. The normalized spacial score (nSPS) is 21.2. The fourth-order valence-electron chi connectivity index (χ4n) is 2.18. The molecule has 21 heavy (non-hydrogen) atoms. The van der Waals surface area contributed by atoms with Crippen LogP contribution in [-0.2, 0) is 4.74 Å². The van der Waals surface area contributed by atoms with Crippen molar-refractivity contribution in [3.05, 3.63) is 30.1 Å². The van der Waals surface area contributed by atoms with E-state index in [1.54, 1.807) is 12.1 Å². The van der Waals surface area contributed by atoms with E-state index in [0.717, 1.165) is 19.7 Å². The zero-order chi connectivity index (χ0) is 15.1. The topological polar surface area (TPSA) is 54.0 Å². The highest BCUT2D eigenvalue weighted by atomic mass is 19.1. The summed E-state index contributed by atoms with van der Waals surface area (Å²) in [4.78, 5) is 2.23. The molecule has 1 aliphatic heterocycles. The summed E-state index contributed by atoms with van der Waals surface area (Å²) < 4.78 is 23.7. The zero-order valence-corrected chi connectivity index (χ0v) is 12.3. The quantitative estimate of drug-likeness (QED) is 0.767. The molecule has 0 saturated carbocycles. The lowest BCUT2D eigenvalue weighted by Gasteiger charge is -2.30. The summed E-state index contributed by atoms with van der Waals surface area (Å²) in [6.45, 7) is 3.92. The monoisotopic (exact) mass is 298 g/mol. The number of hydrogen-bond donors (Lipinski definition) is 2. The molecule has 0 aromatic heterocycles. The van der Waals surface area contributed by atoms with Gasteiger partial charge >= 0.3 is 0 Å². The van der Waals surface area contributed by atoms with Gasteiger partial charge < -0.3 is 24.8 Å². The fourth-order valence-corrected chi connectivity index (χ4v) is 2.18. The van der Waals surface area contributed by atoms with Crippen LogP contribution in [0.1, 0.15) is 0 Å². The van der Waals surface area contributed by atoms with Crippen LogP contribution >= 0.6 is 0 Å². The molecule has 2 N–H and O–H groups in total. The van der Waals surface area contributed by atoms with Crippen LogP contribution in [0.3, 0.4) is 0 Å². The second-order valence-corrected chi connectivity index (χ2v) is 5.33. The largest absolute Gasteiger partial charge is 0.491 e. The lowest BCUT2D eigenvalue weighted by molar-refractivity contribution is -0.0196. The summed E-state index contributed by atoms with van der Waals surface area (Å²) >= 11 is 0. The third-order valence-electron chi connectivity index (χ3n) is 3.35. The van der Waals surface area contributed by atoms with E-state index in [0.29, 0.717) is 18.8 Å². The van der Waals surface area contributed by atoms with Gasteiger partial charge in [-0.25, -0.2) is 4.39 Å². The first-order valence-corrected chi connectivity index (χ1v) is 7.21. The van der Waals surface area contributed by atoms with Crippen LogP contribution in [0.2, 0.25) is 0 Å². The Bertz CT molecular complexity index is 416. The van der Waals surface area contributed by atoms with E-state index in [9.17, 15) is 9.50 Å². The number of aliphatic hydroxyl groups is 1. The average molecular weight is 298 g/mol. The lowest BCUT2D eigenvalue weighted by atomic mass is 10.2. The maximum absolute atomic E-state index is 12.7. The van der Waals surface area contributed by atoms with Crippen LogP contribution < -0.4 is 10.1 Å². The molecular weight excluding hydrogens is 275 g/mol. The minimum atomic E-state index is -0.614. The Morgan fingerprint density at radius 3 is 2.95 bits per heavy atom. The molecule has 1 aliphatic rings. The predicted octanol–water partition coefficient (Wildman–Crippen LogP) is 0.486. The van der Waals surface area contributed by atoms with Crippen LogP contribution in [0.4, 0.5) is 4.39 Å². The highest BCUT2D eigenvalue weighted by Crippen LogP contribution is 2.11. The van der Waals surface area contributed by atoms with Gasteiger partial charge in [-0.1, -0.05) is 0 Å². The summed E-state index contributed by atoms with van der Waals surface area (Å²) in [5, 5.41) is 13.0. The van der Waals surface area contributed by atoms with Crippen molar-refractivity contribution in [1.29, 1.82) is 0 Å². The predicted molar refractivity (Wildman–Crippen MR) is 78.0 cm³/mol. The molecule has 1 fully saturated rings. The molecule has 2 atom stereocenters. The van der Waals surface area contributed by atoms with Gasteiger partial charge in [0.05, 0.1) is 12.7 Å². The molecule has 0 spiro atoms. The van der Waals surface area contributed by atoms with Gasteiger partial charge in [0.15, 0.2) is 0 Å². The van der Waals surface area contributed by atoms with Gasteiger partial charge in [-0.05, 0) is 31.3 Å². The summed E-state index contributed by atoms with van der Waals surface area (Å²) in [5.41, 5.74) is 0. The number of nitrogens with one attached hydrogen (secondary N) is 1. The molecule has 1 aromatic carbocycles. The summed E-state index contributed by atoms with van der Waals surface area (Å²) in [7, 11) is 2.07. The molecule has 118 valence electrons. The molecule has 2 rings (SSSR count). The smallest absolute Gasteiger partial charge is 0.123 e. The Kier molecular flexibility index (Phi) is 6.38. The maximum Gasteiger partial charge on any atom is 0.123 e. The van der Waals surface area contributed by atoms with Crippen molar-refractivity contribution in [2.24, 2.45) is 0 Å². The molecule has 1 aromatic rings. The minimum Gasteiger partial charge on any atom is -0.491 e. The maximum atomic E-state index is 12.7. The first kappa shape index (κ1) is 16.2. The Labute approximate surface area is 124 Å². The highest BCUT2D eigenvalue weighted by Gasteiger charge is 2.17. The van der Waals surface area contributed by atoms with Gasteiger partial charge in [-0.2, -0.15) is 0 Å². The van der Waals surface area contributed by atoms with E-state index >= 15 is 0 Å². The molecule has 6 heteroatoms. The van der Waals surface area contributed by atoms with E-state index in [2.05, 4.69) is 17.3 Å². The fraction of sp³-hybridized carbons (Fsp3) is 0.600. The SMILES string of the molecule is CN1CCO[C@@H](CNC[C@@H](O)COc2ccc(F)cc2)C1. The summed E-state index contributed by atoms with van der Waals surface area (Å²) in [6, 6.07) is 5.75. The molecule has 0 radical (unpaired) electrons. The first-order chi connectivity index (χ1) is 10.1. The van der Waals surface area contributed by atoms with E-state index in [1.807, 2.05) is 0 Å². The van der Waals surface area contributed by atoms with Crippen LogP contribution in [0.5, 0.6) is 5.75 Å². The van der Waals surface area contributed by atoms with Crippen molar-refractivity contribution in [3.8, 4) is 5.75 Å². The van der Waals surface area contributed by atoms with E-state index < -0.39 is 6.10 Å². The van der Waals surface area contributed by atoms with Gasteiger partial charge in [0.25, 0.3) is 0 Å². The van der Waals surface area contributed by atoms with Crippen molar-refractivity contribution < 1.29 is 19.0 Å². The summed E-state index contributed by atoms with van der Waals surface area (Å²) in [6.07, 6.45) is -0.453. The standard InChI is InChI=1S/C15H23FN2O3/c1-18-6-7-20-15(10-18)9-17-8-13(19)11-21-14-4-2-12(16)3-5-14/h2-5,13,15,17,19H,6-11H2,1H3/t13-,15+/m1/s1. The Balaban J connectivity index is 1.59. The number of aliphatic hydroxyl groups excluding tert-OH is 1. The molecular formula is C15H23FN2O3. The number of morpholine rings is 1. The van der Waals surface area contributed by atoms with Crippen LogP contribution in [0.15, 0.2) is 24.3 Å². The van der Waals surface area contributed by atoms with Crippen LogP contribution in [0.25, 0.3) is 0 Å². The highest BCUT2D eigenvalue weighted by molar-refractivity contribution is 5.22. The van der Waals surface area contributed by atoms with Gasteiger partial charge in [-0.15, -0.1) is 0 Å². The number of benzene rings is 1. The molecule has 1 heterocycles. The van der Waals surface area contributed by atoms with Gasteiger partial charge in [0, 0.05) is 26.2 Å². The van der Waals surface area contributed by atoms with E-state index in [-0.39, 0.29) is 18.5 Å². The molecule has 0 bridgehead atoms. The number of rotatable bonds is 7. The number of ether oxygens (including phenoxy) is 2. The zero-order valence-electron chi connectivity index (χ0n) is 12.3. The molecule has 0 unspecified atom stereocenters. The van der Waals surface area contributed by atoms with E-state index in [4.69, 9.17) is 9.47 Å². The minimum absolute atomic E-state index is 0.161. The number of hydrogen-bond acceptors (Lipinski definition) is 5. The van der Waals surface area contributed by atoms with Crippen LogP contribution in [0, 0.1) is 5.82 Å². The Morgan fingerprint density at radius 2 is 2.24 bits per heavy atom. The van der Waals surface area contributed by atoms with E-state index in [1.165, 1.54) is 12.1 Å². The van der Waals surface area contributed by atoms with Gasteiger partial charge in [-0.3, -0.25) is 0 Å². The Hall–Kier alpha value is -1.21. The van der Waals surface area contributed by atoms with Crippen LogP contribution in [-0.4, -0.2) is 68.7 Å². The number of halogens is 1. The Morgan fingerprint density at radius 1 is 1.48 bits per heavy atom. The number of nitrogens with zero attached hydrogens (tertiary/aromatic N) is 1. The number of likely N-dealkylation sites (N-methyl/N-ethyl adjacent to an activating group) is 1. The second kappa shape index (κ2) is 8.29. The second-order valence-electron chi connectivity index (χ2n) is 5.33. The first-order valence-electron chi connectivity index (χ1n) is 7.21. The van der Waals surface area contributed by atoms with Crippen molar-refractivity contribution in [1.82, 2.24) is 10.2 Å². The van der Waals surface area contributed by atoms with Crippen molar-refractivity contribution in [3.63, 3.8) is 0 Å². The third-order valence-corrected chi connectivity index (χ3v) is 3.35. The molecule has 1 saturated heterocycles. The van der Waals surface area contributed by atoms with Crippen molar-refractivity contribution in [2.75, 3.05) is 46.4 Å². The lowest BCUT2D eigenvalue weighted by Crippen LogP contribution is -2.46. The van der Waals surface area contributed by atoms with Gasteiger partial charge in [0.1, 0.15) is 24.3 Å². The molecule has 5 nitrogen and oxygen atoms in total. The van der Waals surface area contributed by atoms with Gasteiger partial charge in [0.2, 0.25) is 0 Å². The average Bonchev–Trinajstić information content (AvgIpc) is 2.47. The molecule has 0 amide bonds. The van der Waals surface area contributed by atoms with Crippen molar-refractivity contribution in [2.45, 2.75) is 12.2 Å². The third kappa shape index (κ3) is 5.97.